The van der Waals surface area contributed by atoms with Crippen molar-refractivity contribution in [2.24, 2.45) is 5.73 Å². The van der Waals surface area contributed by atoms with Crippen LogP contribution in [0.3, 0.4) is 0 Å². The number of hydrogen-bond acceptors (Lipinski definition) is 4. The number of nitrogens with zero attached hydrogens (tertiary/aromatic N) is 2. The van der Waals surface area contributed by atoms with E-state index in [1.165, 1.54) is 4.88 Å². The molecule has 18 heavy (non-hydrogen) atoms. The summed E-state index contributed by atoms with van der Waals surface area (Å²) in [6, 6.07) is 8.04. The lowest BCUT2D eigenvalue weighted by molar-refractivity contribution is 0.877. The van der Waals surface area contributed by atoms with Crippen LogP contribution >= 0.6 is 11.3 Å². The zero-order valence-corrected chi connectivity index (χ0v) is 10.8. The molecule has 0 aliphatic heterocycles. The minimum absolute atomic E-state index is 0.0960. The molecule has 1 aromatic carbocycles. The molecule has 1 unspecified atom stereocenters. The molecule has 0 saturated heterocycles. The van der Waals surface area contributed by atoms with Gasteiger partial charge in [0.25, 0.3) is 0 Å². The fourth-order valence-corrected chi connectivity index (χ4v) is 2.73. The van der Waals surface area contributed by atoms with E-state index >= 15 is 0 Å². The lowest BCUT2D eigenvalue weighted by Crippen LogP contribution is -2.10. The standard InChI is InChI=1S/C14H13N3S/c1-9-6-11(8-18-9)14(15)10-2-3-12-13(7-10)17-5-4-16-12/h2-8,14H,15H2,1H3. The predicted octanol–water partition coefficient (Wildman–Crippen LogP) is 3.05. The minimum atomic E-state index is -0.0960. The molecule has 90 valence electrons. The van der Waals surface area contributed by atoms with Crippen molar-refractivity contribution in [3.05, 3.63) is 58.0 Å². The number of aromatic nitrogens is 2. The molecule has 2 heterocycles. The summed E-state index contributed by atoms with van der Waals surface area (Å²) in [6.45, 7) is 2.09. The number of benzene rings is 1. The third-order valence-electron chi connectivity index (χ3n) is 2.96. The Bertz CT molecular complexity index is 690. The summed E-state index contributed by atoms with van der Waals surface area (Å²) in [6.07, 6.45) is 3.40. The first kappa shape index (κ1) is 11.3. The summed E-state index contributed by atoms with van der Waals surface area (Å²) in [5.74, 6) is 0. The van der Waals surface area contributed by atoms with E-state index in [1.54, 1.807) is 23.7 Å². The second-order valence-electron chi connectivity index (χ2n) is 4.27. The second-order valence-corrected chi connectivity index (χ2v) is 5.39. The first-order chi connectivity index (χ1) is 8.74. The van der Waals surface area contributed by atoms with E-state index in [0.717, 1.165) is 22.2 Å². The topological polar surface area (TPSA) is 51.8 Å². The van der Waals surface area contributed by atoms with Crippen LogP contribution in [0.1, 0.15) is 22.0 Å². The molecular weight excluding hydrogens is 242 g/mol. The zero-order chi connectivity index (χ0) is 12.5. The average Bonchev–Trinajstić information content (AvgIpc) is 2.84. The molecule has 1 atom stereocenters. The molecular formula is C14H13N3S. The molecule has 3 aromatic rings. The van der Waals surface area contributed by atoms with Gasteiger partial charge in [0, 0.05) is 17.3 Å². The van der Waals surface area contributed by atoms with Crippen molar-refractivity contribution in [1.82, 2.24) is 9.97 Å². The summed E-state index contributed by atoms with van der Waals surface area (Å²) in [5.41, 5.74) is 10.3. The number of aryl methyl sites for hydroxylation is 1. The maximum atomic E-state index is 6.28. The molecule has 0 saturated carbocycles. The quantitative estimate of drug-likeness (QED) is 0.765. The smallest absolute Gasteiger partial charge is 0.0890 e. The van der Waals surface area contributed by atoms with Crippen LogP contribution in [0.5, 0.6) is 0 Å². The second kappa shape index (κ2) is 4.48. The minimum Gasteiger partial charge on any atom is -0.320 e. The third kappa shape index (κ3) is 2.00. The Morgan fingerprint density at radius 2 is 1.83 bits per heavy atom. The van der Waals surface area contributed by atoms with Crippen LogP contribution in [0, 0.1) is 6.92 Å². The molecule has 0 amide bonds. The van der Waals surface area contributed by atoms with Gasteiger partial charge in [0.1, 0.15) is 0 Å². The first-order valence-electron chi connectivity index (χ1n) is 5.75. The Labute approximate surface area is 109 Å². The summed E-state index contributed by atoms with van der Waals surface area (Å²) in [5, 5.41) is 2.11. The van der Waals surface area contributed by atoms with Crippen LogP contribution in [0.25, 0.3) is 11.0 Å². The molecule has 0 spiro atoms. The van der Waals surface area contributed by atoms with Crippen molar-refractivity contribution in [3.8, 4) is 0 Å². The van der Waals surface area contributed by atoms with Crippen LogP contribution in [-0.2, 0) is 0 Å². The first-order valence-corrected chi connectivity index (χ1v) is 6.63. The normalized spacial score (nSPS) is 12.8. The van der Waals surface area contributed by atoms with Crippen LogP contribution in [0.4, 0.5) is 0 Å². The van der Waals surface area contributed by atoms with Gasteiger partial charge in [-0.1, -0.05) is 6.07 Å². The Hall–Kier alpha value is -1.78. The molecule has 3 nitrogen and oxygen atoms in total. The maximum Gasteiger partial charge on any atom is 0.0890 e. The van der Waals surface area contributed by atoms with Crippen molar-refractivity contribution in [2.45, 2.75) is 13.0 Å². The number of hydrogen-bond donors (Lipinski definition) is 1. The Morgan fingerprint density at radius 1 is 1.06 bits per heavy atom. The highest BCUT2D eigenvalue weighted by Crippen LogP contribution is 2.25. The molecule has 4 heteroatoms. The SMILES string of the molecule is Cc1cc(C(N)c2ccc3nccnc3c2)cs1. The molecule has 0 radical (unpaired) electrons. The van der Waals surface area contributed by atoms with Gasteiger partial charge in [-0.25, -0.2) is 0 Å². The van der Waals surface area contributed by atoms with E-state index in [9.17, 15) is 0 Å². The van der Waals surface area contributed by atoms with Crippen LogP contribution in [0.2, 0.25) is 0 Å². The van der Waals surface area contributed by atoms with Crippen molar-refractivity contribution < 1.29 is 0 Å². The van der Waals surface area contributed by atoms with Crippen molar-refractivity contribution in [3.63, 3.8) is 0 Å². The molecule has 2 aromatic heterocycles. The van der Waals surface area contributed by atoms with Gasteiger partial charge in [0.15, 0.2) is 0 Å². The van der Waals surface area contributed by atoms with Gasteiger partial charge < -0.3 is 5.73 Å². The van der Waals surface area contributed by atoms with E-state index in [1.807, 2.05) is 18.2 Å². The maximum absolute atomic E-state index is 6.28. The summed E-state index contributed by atoms with van der Waals surface area (Å²) in [7, 11) is 0. The van der Waals surface area contributed by atoms with Gasteiger partial charge in [-0.15, -0.1) is 11.3 Å². The zero-order valence-electron chi connectivity index (χ0n) is 10.00. The molecule has 0 aliphatic carbocycles. The van der Waals surface area contributed by atoms with Gasteiger partial charge in [-0.3, -0.25) is 9.97 Å². The summed E-state index contributed by atoms with van der Waals surface area (Å²) < 4.78 is 0. The van der Waals surface area contributed by atoms with E-state index in [4.69, 9.17) is 5.73 Å². The van der Waals surface area contributed by atoms with E-state index in [-0.39, 0.29) is 6.04 Å². The third-order valence-corrected chi connectivity index (χ3v) is 3.84. The highest BCUT2D eigenvalue weighted by atomic mass is 32.1. The Kier molecular flexibility index (Phi) is 2.81. The average molecular weight is 255 g/mol. The number of thiophene rings is 1. The van der Waals surface area contributed by atoms with Crippen molar-refractivity contribution in [2.75, 3.05) is 0 Å². The molecule has 0 bridgehead atoms. The fraction of sp³-hybridized carbons (Fsp3) is 0.143. The van der Waals surface area contributed by atoms with Gasteiger partial charge in [0.05, 0.1) is 17.1 Å². The van der Waals surface area contributed by atoms with E-state index < -0.39 is 0 Å². The highest BCUT2D eigenvalue weighted by Gasteiger charge is 2.11. The molecule has 3 rings (SSSR count). The fourth-order valence-electron chi connectivity index (χ4n) is 1.99. The summed E-state index contributed by atoms with van der Waals surface area (Å²) in [4.78, 5) is 9.84. The van der Waals surface area contributed by atoms with Gasteiger partial charge in [-0.2, -0.15) is 0 Å². The predicted molar refractivity (Wildman–Crippen MR) is 74.6 cm³/mol. The van der Waals surface area contributed by atoms with Crippen molar-refractivity contribution >= 4 is 22.4 Å². The highest BCUT2D eigenvalue weighted by molar-refractivity contribution is 7.10. The van der Waals surface area contributed by atoms with Gasteiger partial charge >= 0.3 is 0 Å². The monoisotopic (exact) mass is 255 g/mol. The number of nitrogens with two attached hydrogens (primary N) is 1. The van der Waals surface area contributed by atoms with Gasteiger partial charge in [0.2, 0.25) is 0 Å². The van der Waals surface area contributed by atoms with Gasteiger partial charge in [-0.05, 0) is 41.6 Å². The van der Waals surface area contributed by atoms with E-state index in [2.05, 4.69) is 28.3 Å². The lowest BCUT2D eigenvalue weighted by atomic mass is 10.0. The number of rotatable bonds is 2. The van der Waals surface area contributed by atoms with Crippen LogP contribution in [0.15, 0.2) is 42.0 Å². The van der Waals surface area contributed by atoms with Crippen LogP contribution in [-0.4, -0.2) is 9.97 Å². The lowest BCUT2D eigenvalue weighted by Gasteiger charge is -2.10. The molecule has 0 aliphatic rings. The Morgan fingerprint density at radius 3 is 2.56 bits per heavy atom. The van der Waals surface area contributed by atoms with Crippen LogP contribution < -0.4 is 5.73 Å². The van der Waals surface area contributed by atoms with E-state index in [0.29, 0.717) is 0 Å². The Balaban J connectivity index is 2.03. The largest absolute Gasteiger partial charge is 0.320 e. The molecule has 2 N–H and O–H groups in total. The van der Waals surface area contributed by atoms with Crippen molar-refractivity contribution in [1.29, 1.82) is 0 Å². The number of fused-ring (bicyclic) bond motifs is 1. The molecule has 0 fully saturated rings. The summed E-state index contributed by atoms with van der Waals surface area (Å²) >= 11 is 1.72.